The molecule has 1 aromatic heterocycles. The van der Waals surface area contributed by atoms with E-state index in [-0.39, 0.29) is 0 Å². The van der Waals surface area contributed by atoms with Gasteiger partial charge in [0.25, 0.3) is 0 Å². The Hall–Kier alpha value is -5.72. The molecule has 1 aliphatic heterocycles. The minimum absolute atomic E-state index is 0.638. The summed E-state index contributed by atoms with van der Waals surface area (Å²) in [6.07, 6.45) is 6.28. The Morgan fingerprint density at radius 1 is 0.512 bits per heavy atom. The van der Waals surface area contributed by atoms with Crippen LogP contribution in [0.1, 0.15) is 16.7 Å². The largest absolute Gasteiger partial charge is 0.456 e. The van der Waals surface area contributed by atoms with Crippen molar-refractivity contribution in [2.24, 2.45) is 0 Å². The molecule has 0 bridgehead atoms. The Labute approximate surface area is 239 Å². The van der Waals surface area contributed by atoms with Gasteiger partial charge in [0.05, 0.1) is 17.3 Å². The first-order valence-electron chi connectivity index (χ1n) is 13.5. The van der Waals surface area contributed by atoms with Gasteiger partial charge >= 0.3 is 0 Å². The van der Waals surface area contributed by atoms with Crippen molar-refractivity contribution in [1.29, 1.82) is 5.26 Å². The fraction of sp³-hybridized carbons (Fsp3) is 0. The van der Waals surface area contributed by atoms with Crippen LogP contribution in [0, 0.1) is 11.3 Å². The van der Waals surface area contributed by atoms with Crippen LogP contribution in [0.4, 0.5) is 0 Å². The molecule has 192 valence electrons. The summed E-state index contributed by atoms with van der Waals surface area (Å²) >= 11 is 0. The lowest BCUT2D eigenvalue weighted by Gasteiger charge is -2.16. The van der Waals surface area contributed by atoms with Crippen molar-refractivity contribution in [3.05, 3.63) is 150 Å². The van der Waals surface area contributed by atoms with Gasteiger partial charge in [-0.3, -0.25) is 4.98 Å². The number of fused-ring (bicyclic) bond motifs is 6. The average molecular weight is 525 g/mol. The molecule has 0 aliphatic carbocycles. The van der Waals surface area contributed by atoms with Gasteiger partial charge in [0.1, 0.15) is 11.5 Å². The highest BCUT2D eigenvalue weighted by Gasteiger charge is 2.16. The van der Waals surface area contributed by atoms with Crippen LogP contribution in [-0.4, -0.2) is 4.98 Å². The molecule has 5 aromatic carbocycles. The predicted molar refractivity (Wildman–Crippen MR) is 166 cm³/mol. The van der Waals surface area contributed by atoms with E-state index in [0.717, 1.165) is 67.3 Å². The summed E-state index contributed by atoms with van der Waals surface area (Å²) in [6, 6.07) is 45.2. The minimum Gasteiger partial charge on any atom is -0.456 e. The van der Waals surface area contributed by atoms with E-state index in [0.29, 0.717) is 5.56 Å². The van der Waals surface area contributed by atoms with Crippen molar-refractivity contribution >= 4 is 12.2 Å². The van der Waals surface area contributed by atoms with Crippen LogP contribution < -0.4 is 4.74 Å². The predicted octanol–water partition coefficient (Wildman–Crippen LogP) is 9.90. The molecule has 0 saturated heterocycles. The summed E-state index contributed by atoms with van der Waals surface area (Å²) in [6.45, 7) is 0. The van der Waals surface area contributed by atoms with Crippen LogP contribution in [0.25, 0.3) is 56.8 Å². The lowest BCUT2D eigenvalue weighted by molar-refractivity contribution is 0.486. The Kier molecular flexibility index (Phi) is 6.20. The van der Waals surface area contributed by atoms with E-state index in [2.05, 4.69) is 91.0 Å². The van der Waals surface area contributed by atoms with Crippen molar-refractivity contribution in [1.82, 2.24) is 4.98 Å². The van der Waals surface area contributed by atoms with Gasteiger partial charge in [-0.1, -0.05) is 103 Å². The average Bonchev–Trinajstić information content (AvgIpc) is 3.06. The van der Waals surface area contributed by atoms with E-state index in [1.165, 1.54) is 0 Å². The number of hydrogen-bond acceptors (Lipinski definition) is 3. The monoisotopic (exact) mass is 524 g/mol. The maximum Gasteiger partial charge on any atom is 0.135 e. The normalized spacial score (nSPS) is 12.3. The van der Waals surface area contributed by atoms with Gasteiger partial charge in [-0.15, -0.1) is 0 Å². The third-order valence-electron chi connectivity index (χ3n) is 7.44. The smallest absolute Gasteiger partial charge is 0.135 e. The minimum atomic E-state index is 0.638. The van der Waals surface area contributed by atoms with Crippen molar-refractivity contribution in [2.45, 2.75) is 0 Å². The van der Waals surface area contributed by atoms with Gasteiger partial charge in [-0.25, -0.2) is 0 Å². The number of benzene rings is 5. The molecule has 0 fully saturated rings. The number of nitriles is 1. The highest BCUT2D eigenvalue weighted by atomic mass is 16.5. The van der Waals surface area contributed by atoms with Gasteiger partial charge < -0.3 is 4.74 Å². The lowest BCUT2D eigenvalue weighted by atomic mass is 9.93. The highest BCUT2D eigenvalue weighted by Crippen LogP contribution is 2.42. The molecule has 0 N–H and O–H groups in total. The zero-order valence-corrected chi connectivity index (χ0v) is 22.2. The zero-order valence-electron chi connectivity index (χ0n) is 22.2. The fourth-order valence-electron chi connectivity index (χ4n) is 5.31. The van der Waals surface area contributed by atoms with E-state index in [4.69, 9.17) is 15.0 Å². The second-order valence-electron chi connectivity index (χ2n) is 9.94. The summed E-state index contributed by atoms with van der Waals surface area (Å²) in [5.74, 6) is 1.63. The standard InChI is InChI=1S/C38H24N2O/c39-24-26-13-15-29(16-14-26)36-22-21-31(25-40-36)30-20-19-28-18-17-27-7-1-2-8-32(27)33-9-3-5-11-37(33)41-38-12-6-4-10-34(38)35(28)23-30/h1-23,25H/b18-17-. The van der Waals surface area contributed by atoms with E-state index in [1.54, 1.807) is 0 Å². The molecule has 7 rings (SSSR count). The molecule has 1 aliphatic rings. The SMILES string of the molecule is N#Cc1ccc(-c2ccc(-c3ccc4c(c3)-c3ccccc3Oc3ccccc3-c3ccccc3/C=C\4)cn2)cc1. The fourth-order valence-corrected chi connectivity index (χ4v) is 5.31. The van der Waals surface area contributed by atoms with Gasteiger partial charge in [0.15, 0.2) is 0 Å². The summed E-state index contributed by atoms with van der Waals surface area (Å²) in [5.41, 5.74) is 11.1. The first-order chi connectivity index (χ1) is 20.3. The van der Waals surface area contributed by atoms with Gasteiger partial charge in [-0.2, -0.15) is 5.26 Å². The Morgan fingerprint density at radius 3 is 1.78 bits per heavy atom. The first kappa shape index (κ1) is 24.3. The number of pyridine rings is 1. The van der Waals surface area contributed by atoms with E-state index in [1.807, 2.05) is 60.8 Å². The molecule has 0 atom stereocenters. The summed E-state index contributed by atoms with van der Waals surface area (Å²) in [7, 11) is 0. The molecule has 0 spiro atoms. The number of nitrogens with zero attached hydrogens (tertiary/aromatic N) is 2. The van der Waals surface area contributed by atoms with Crippen molar-refractivity contribution in [2.75, 3.05) is 0 Å². The van der Waals surface area contributed by atoms with E-state index >= 15 is 0 Å². The van der Waals surface area contributed by atoms with Gasteiger partial charge in [0.2, 0.25) is 0 Å². The third kappa shape index (κ3) is 4.69. The molecular weight excluding hydrogens is 500 g/mol. The van der Waals surface area contributed by atoms with Crippen LogP contribution in [0.3, 0.4) is 0 Å². The number of rotatable bonds is 2. The molecule has 0 unspecified atom stereocenters. The quantitative estimate of drug-likeness (QED) is 0.226. The Bertz CT molecular complexity index is 1960. The molecule has 2 heterocycles. The lowest BCUT2D eigenvalue weighted by Crippen LogP contribution is -1.93. The first-order valence-corrected chi connectivity index (χ1v) is 13.5. The van der Waals surface area contributed by atoms with Crippen LogP contribution in [0.15, 0.2) is 134 Å². The van der Waals surface area contributed by atoms with Crippen LogP contribution >= 0.6 is 0 Å². The third-order valence-corrected chi connectivity index (χ3v) is 7.44. The van der Waals surface area contributed by atoms with Crippen molar-refractivity contribution in [3.63, 3.8) is 0 Å². The maximum atomic E-state index is 9.09. The number of para-hydroxylation sites is 2. The summed E-state index contributed by atoms with van der Waals surface area (Å²) in [4.78, 5) is 4.74. The van der Waals surface area contributed by atoms with E-state index < -0.39 is 0 Å². The van der Waals surface area contributed by atoms with Gasteiger partial charge in [0, 0.05) is 28.5 Å². The van der Waals surface area contributed by atoms with Crippen molar-refractivity contribution < 1.29 is 4.74 Å². The van der Waals surface area contributed by atoms with Crippen LogP contribution in [-0.2, 0) is 0 Å². The number of hydrogen-bond donors (Lipinski definition) is 0. The topological polar surface area (TPSA) is 45.9 Å². The van der Waals surface area contributed by atoms with Crippen LogP contribution in [0.2, 0.25) is 0 Å². The Balaban J connectivity index is 1.35. The highest BCUT2D eigenvalue weighted by molar-refractivity contribution is 5.90. The second kappa shape index (κ2) is 10.4. The molecular formula is C38H24N2O. The maximum absolute atomic E-state index is 9.09. The molecule has 41 heavy (non-hydrogen) atoms. The second-order valence-corrected chi connectivity index (χ2v) is 9.94. The molecule has 6 aromatic rings. The zero-order chi connectivity index (χ0) is 27.6. The number of aromatic nitrogens is 1. The number of ether oxygens (including phenoxy) is 1. The molecule has 3 nitrogen and oxygen atoms in total. The summed E-state index contributed by atoms with van der Waals surface area (Å²) in [5, 5.41) is 9.09. The molecule has 0 radical (unpaired) electrons. The van der Waals surface area contributed by atoms with Crippen molar-refractivity contribution in [3.8, 4) is 62.2 Å². The summed E-state index contributed by atoms with van der Waals surface area (Å²) < 4.78 is 6.65. The van der Waals surface area contributed by atoms with Crippen LogP contribution in [0.5, 0.6) is 11.5 Å². The van der Waals surface area contributed by atoms with Gasteiger partial charge in [-0.05, 0) is 64.2 Å². The molecule has 0 amide bonds. The van der Waals surface area contributed by atoms with E-state index in [9.17, 15) is 0 Å². The molecule has 0 saturated carbocycles. The molecule has 3 heteroatoms. The Morgan fingerprint density at radius 2 is 1.10 bits per heavy atom.